The summed E-state index contributed by atoms with van der Waals surface area (Å²) in [5, 5.41) is 10.6. The maximum absolute atomic E-state index is 13.1. The second-order valence-electron chi connectivity index (χ2n) is 29.8. The van der Waals surface area contributed by atoms with Crippen molar-refractivity contribution >= 4 is 39.5 Å². The number of aliphatic hydroxyl groups is 1. The molecule has 99 heavy (non-hydrogen) atoms. The molecule has 0 aliphatic rings. The Morgan fingerprint density at radius 1 is 0.293 bits per heavy atom. The van der Waals surface area contributed by atoms with Crippen LogP contribution in [-0.2, 0) is 65.4 Å². The van der Waals surface area contributed by atoms with Gasteiger partial charge < -0.3 is 33.8 Å². The second kappa shape index (κ2) is 70.4. The molecule has 0 aromatic carbocycles. The maximum Gasteiger partial charge on any atom is 0.472 e. The molecule has 0 radical (unpaired) electrons. The fraction of sp³-hybridized carbons (Fsp3) is 0.950. The summed E-state index contributed by atoms with van der Waals surface area (Å²) < 4.78 is 68.6. The molecule has 4 unspecified atom stereocenters. The SMILES string of the molecule is CCCCCCCCCCCCCC(=O)OC[C@H](COP(=O)(O)OC[C@H](O)COP(=O)(O)OC[C@@H](COC(=O)CCCCCCCCCCCCC(C)CC)OC(=O)CCCCCCCCCCCCCCCCCCCCC(C)CC)OC(=O)CCCCCCCCCCCC(C)C. The van der Waals surface area contributed by atoms with Crippen molar-refractivity contribution in [3.8, 4) is 0 Å². The summed E-state index contributed by atoms with van der Waals surface area (Å²) >= 11 is 0. The quantitative estimate of drug-likeness (QED) is 0.0222. The number of phosphoric acid groups is 2. The number of carbonyl (C=O) groups is 4. The molecule has 17 nitrogen and oxygen atoms in total. The average molecular weight is 1450 g/mol. The van der Waals surface area contributed by atoms with Crippen molar-refractivity contribution in [3.05, 3.63) is 0 Å². The topological polar surface area (TPSA) is 237 Å². The van der Waals surface area contributed by atoms with Gasteiger partial charge in [0.25, 0.3) is 0 Å². The standard InChI is InChI=1S/C80H156O17P2/c1-8-11-12-13-14-15-24-33-40-47-54-61-77(82)90-68-76(97-80(85)64-57-50-43-36-29-30-37-44-51-58-71(4)5)70-95-99(88,89)93-66-74(81)65-92-98(86,87)94-69-75(67-91-78(83)62-55-48-41-34-28-27-32-39-46-53-60-73(7)10-3)96-79(84)63-56-49-42-35-26-23-21-19-17-16-18-20-22-25-31-38-45-52-59-72(6)9-2/h71-76,81H,8-70H2,1-7H3,(H,86,87)(H,88,89)/t72?,73?,74-,75-,76-/m1/s1. The summed E-state index contributed by atoms with van der Waals surface area (Å²) in [4.78, 5) is 72.9. The Labute approximate surface area is 607 Å². The van der Waals surface area contributed by atoms with Crippen molar-refractivity contribution in [1.82, 2.24) is 0 Å². The van der Waals surface area contributed by atoms with Gasteiger partial charge in [0.15, 0.2) is 12.2 Å². The number of ether oxygens (including phenoxy) is 4. The summed E-state index contributed by atoms with van der Waals surface area (Å²) in [5.41, 5.74) is 0. The molecule has 588 valence electrons. The van der Waals surface area contributed by atoms with E-state index in [2.05, 4.69) is 48.5 Å². The smallest absolute Gasteiger partial charge is 0.462 e. The summed E-state index contributed by atoms with van der Waals surface area (Å²) in [6, 6.07) is 0. The van der Waals surface area contributed by atoms with Gasteiger partial charge in [-0.15, -0.1) is 0 Å². The van der Waals surface area contributed by atoms with Crippen LogP contribution in [0, 0.1) is 17.8 Å². The highest BCUT2D eigenvalue weighted by Gasteiger charge is 2.30. The van der Waals surface area contributed by atoms with Gasteiger partial charge in [-0.3, -0.25) is 37.3 Å². The Kier molecular flexibility index (Phi) is 69.0. The lowest BCUT2D eigenvalue weighted by Gasteiger charge is -2.21. The molecule has 0 heterocycles. The Morgan fingerprint density at radius 2 is 0.515 bits per heavy atom. The number of aliphatic hydroxyl groups excluding tert-OH is 1. The third-order valence-electron chi connectivity index (χ3n) is 19.4. The van der Waals surface area contributed by atoms with Crippen molar-refractivity contribution in [3.63, 3.8) is 0 Å². The van der Waals surface area contributed by atoms with Crippen LogP contribution in [0.5, 0.6) is 0 Å². The van der Waals surface area contributed by atoms with Gasteiger partial charge in [-0.25, -0.2) is 9.13 Å². The van der Waals surface area contributed by atoms with E-state index >= 15 is 0 Å². The first kappa shape index (κ1) is 97.1. The van der Waals surface area contributed by atoms with Crippen LogP contribution < -0.4 is 0 Å². The number of carbonyl (C=O) groups excluding carboxylic acids is 4. The Bertz CT molecular complexity index is 1930. The third-order valence-corrected chi connectivity index (χ3v) is 21.3. The maximum atomic E-state index is 13.1. The average Bonchev–Trinajstić information content (AvgIpc) is 0.995. The zero-order chi connectivity index (χ0) is 73.0. The molecular formula is C80H156O17P2. The normalized spacial score (nSPS) is 14.5. The molecule has 0 amide bonds. The lowest BCUT2D eigenvalue weighted by Crippen LogP contribution is -2.30. The molecule has 7 atom stereocenters. The zero-order valence-electron chi connectivity index (χ0n) is 65.0. The van der Waals surface area contributed by atoms with Crippen LogP contribution in [0.25, 0.3) is 0 Å². The van der Waals surface area contributed by atoms with E-state index < -0.39 is 97.5 Å². The van der Waals surface area contributed by atoms with Gasteiger partial charge in [0, 0.05) is 25.7 Å². The van der Waals surface area contributed by atoms with Crippen LogP contribution in [0.1, 0.15) is 414 Å². The number of unbranched alkanes of at least 4 members (excludes halogenated alkanes) is 44. The van der Waals surface area contributed by atoms with Gasteiger partial charge in [0.2, 0.25) is 0 Å². The Hall–Kier alpha value is -1.94. The predicted molar refractivity (Wildman–Crippen MR) is 405 cm³/mol. The van der Waals surface area contributed by atoms with Gasteiger partial charge in [-0.1, -0.05) is 363 Å². The Morgan fingerprint density at radius 3 is 0.768 bits per heavy atom. The van der Waals surface area contributed by atoms with Crippen molar-refractivity contribution in [1.29, 1.82) is 0 Å². The largest absolute Gasteiger partial charge is 0.472 e. The number of rotatable bonds is 78. The van der Waals surface area contributed by atoms with Crippen LogP contribution in [0.15, 0.2) is 0 Å². The molecule has 0 aromatic rings. The second-order valence-corrected chi connectivity index (χ2v) is 32.7. The van der Waals surface area contributed by atoms with Crippen LogP contribution in [-0.4, -0.2) is 96.7 Å². The van der Waals surface area contributed by atoms with Gasteiger partial charge in [0.05, 0.1) is 26.4 Å². The minimum absolute atomic E-state index is 0.105. The molecule has 19 heteroatoms. The van der Waals surface area contributed by atoms with Crippen LogP contribution in [0.2, 0.25) is 0 Å². The van der Waals surface area contributed by atoms with E-state index in [0.717, 1.165) is 108 Å². The summed E-state index contributed by atoms with van der Waals surface area (Å²) in [5.74, 6) is 0.304. The van der Waals surface area contributed by atoms with E-state index in [0.29, 0.717) is 25.7 Å². The Balaban J connectivity index is 5.21. The first-order valence-electron chi connectivity index (χ1n) is 41.4. The first-order chi connectivity index (χ1) is 47.8. The number of hydrogen-bond donors (Lipinski definition) is 3. The van der Waals surface area contributed by atoms with E-state index in [9.17, 15) is 43.2 Å². The molecule has 0 fully saturated rings. The predicted octanol–water partition coefficient (Wildman–Crippen LogP) is 23.7. The molecular weight excluding hydrogens is 1290 g/mol. The fourth-order valence-electron chi connectivity index (χ4n) is 12.2. The van der Waals surface area contributed by atoms with Crippen LogP contribution in [0.4, 0.5) is 0 Å². The highest BCUT2D eigenvalue weighted by atomic mass is 31.2. The molecule has 0 aliphatic heterocycles. The molecule has 0 saturated heterocycles. The van der Waals surface area contributed by atoms with Gasteiger partial charge in [-0.05, 0) is 43.4 Å². The lowest BCUT2D eigenvalue weighted by molar-refractivity contribution is -0.161. The fourth-order valence-corrected chi connectivity index (χ4v) is 13.8. The third kappa shape index (κ3) is 71.5. The van der Waals surface area contributed by atoms with Gasteiger partial charge >= 0.3 is 39.5 Å². The summed E-state index contributed by atoms with van der Waals surface area (Å²) in [6.45, 7) is 12.0. The monoisotopic (exact) mass is 1450 g/mol. The van der Waals surface area contributed by atoms with Crippen LogP contribution in [0.3, 0.4) is 0 Å². The van der Waals surface area contributed by atoms with Gasteiger partial charge in [0.1, 0.15) is 19.3 Å². The van der Waals surface area contributed by atoms with Crippen molar-refractivity contribution < 1.29 is 80.2 Å². The minimum atomic E-state index is -4.96. The molecule has 0 aromatic heterocycles. The van der Waals surface area contributed by atoms with Crippen LogP contribution >= 0.6 is 15.6 Å². The number of hydrogen-bond acceptors (Lipinski definition) is 15. The van der Waals surface area contributed by atoms with Gasteiger partial charge in [-0.2, -0.15) is 0 Å². The first-order valence-corrected chi connectivity index (χ1v) is 44.4. The molecule has 3 N–H and O–H groups in total. The molecule has 0 aliphatic carbocycles. The highest BCUT2D eigenvalue weighted by Crippen LogP contribution is 2.45. The number of phosphoric ester groups is 2. The van der Waals surface area contributed by atoms with E-state index in [-0.39, 0.29) is 25.7 Å². The van der Waals surface area contributed by atoms with Crippen molar-refractivity contribution in [2.45, 2.75) is 433 Å². The van der Waals surface area contributed by atoms with E-state index in [4.69, 9.17) is 37.0 Å². The highest BCUT2D eigenvalue weighted by molar-refractivity contribution is 7.47. The lowest BCUT2D eigenvalue weighted by atomic mass is 9.99. The molecule has 0 spiro atoms. The summed E-state index contributed by atoms with van der Waals surface area (Å²) in [6.07, 6.45) is 58.2. The van der Waals surface area contributed by atoms with Crippen molar-refractivity contribution in [2.24, 2.45) is 17.8 Å². The zero-order valence-corrected chi connectivity index (χ0v) is 66.8. The molecule has 0 rings (SSSR count). The van der Waals surface area contributed by atoms with E-state index in [1.165, 1.54) is 225 Å². The van der Waals surface area contributed by atoms with E-state index in [1.807, 2.05) is 0 Å². The summed E-state index contributed by atoms with van der Waals surface area (Å²) in [7, 11) is -9.92. The van der Waals surface area contributed by atoms with Crippen molar-refractivity contribution in [2.75, 3.05) is 39.6 Å². The minimum Gasteiger partial charge on any atom is -0.462 e. The molecule has 0 saturated carbocycles. The number of esters is 4. The molecule has 0 bridgehead atoms. The van der Waals surface area contributed by atoms with E-state index in [1.54, 1.807) is 0 Å².